The molecule has 0 aliphatic carbocycles. The Bertz CT molecular complexity index is 719. The first-order valence-electron chi connectivity index (χ1n) is 7.66. The molecule has 24 heavy (non-hydrogen) atoms. The second-order valence-corrected chi connectivity index (χ2v) is 5.79. The highest BCUT2D eigenvalue weighted by atomic mass is 35.5. The Balaban J connectivity index is 2.05. The van der Waals surface area contributed by atoms with Crippen LogP contribution in [0.5, 0.6) is 5.75 Å². The van der Waals surface area contributed by atoms with Gasteiger partial charge in [0.15, 0.2) is 0 Å². The zero-order valence-corrected chi connectivity index (χ0v) is 14.0. The maximum atomic E-state index is 12.4. The third-order valence-electron chi connectivity index (χ3n) is 3.60. The van der Waals surface area contributed by atoms with Gasteiger partial charge in [-0.3, -0.25) is 20.4 Å². The Kier molecular flexibility index (Phi) is 6.21. The number of carbonyl (C=O) groups is 2. The fourth-order valence-electron chi connectivity index (χ4n) is 2.39. The Morgan fingerprint density at radius 2 is 1.83 bits per heavy atom. The number of rotatable bonds is 5. The standard InChI is InChI=1S/C18H19ClN2O3/c1-2-6-14(12-7-4-3-5-8-12)17(23)20-21-18(24)15-11-13(19)9-10-16(15)22/h3-5,7-11,14,22H,2,6H2,1H3,(H,20,23)(H,21,24). The van der Waals surface area contributed by atoms with Gasteiger partial charge in [-0.25, -0.2) is 0 Å². The number of nitrogens with one attached hydrogen (secondary N) is 2. The van der Waals surface area contributed by atoms with Crippen LogP contribution in [-0.4, -0.2) is 16.9 Å². The van der Waals surface area contributed by atoms with Crippen molar-refractivity contribution in [1.82, 2.24) is 10.9 Å². The first-order valence-corrected chi connectivity index (χ1v) is 8.04. The van der Waals surface area contributed by atoms with Gasteiger partial charge in [0.05, 0.1) is 11.5 Å². The normalized spacial score (nSPS) is 11.6. The average Bonchev–Trinajstić information content (AvgIpc) is 2.60. The van der Waals surface area contributed by atoms with Gasteiger partial charge < -0.3 is 5.11 Å². The Morgan fingerprint density at radius 1 is 1.12 bits per heavy atom. The zero-order valence-electron chi connectivity index (χ0n) is 13.3. The van der Waals surface area contributed by atoms with Crippen LogP contribution in [0.3, 0.4) is 0 Å². The fourth-order valence-corrected chi connectivity index (χ4v) is 2.56. The lowest BCUT2D eigenvalue weighted by atomic mass is 9.94. The largest absolute Gasteiger partial charge is 0.507 e. The molecule has 1 unspecified atom stereocenters. The Morgan fingerprint density at radius 3 is 2.50 bits per heavy atom. The molecule has 126 valence electrons. The van der Waals surface area contributed by atoms with Crippen LogP contribution in [0.2, 0.25) is 5.02 Å². The van der Waals surface area contributed by atoms with E-state index in [0.717, 1.165) is 12.0 Å². The van der Waals surface area contributed by atoms with Crippen LogP contribution in [0.4, 0.5) is 0 Å². The minimum absolute atomic E-state index is 0.00504. The molecule has 0 bridgehead atoms. The Labute approximate surface area is 145 Å². The maximum absolute atomic E-state index is 12.4. The molecule has 3 N–H and O–H groups in total. The molecule has 0 saturated carbocycles. The summed E-state index contributed by atoms with van der Waals surface area (Å²) in [6, 6.07) is 13.5. The summed E-state index contributed by atoms with van der Waals surface area (Å²) in [5.41, 5.74) is 5.62. The number of phenolic OH excluding ortho intramolecular Hbond substituents is 1. The number of hydrogen-bond donors (Lipinski definition) is 3. The number of aromatic hydroxyl groups is 1. The third kappa shape index (κ3) is 4.49. The van der Waals surface area contributed by atoms with Crippen LogP contribution in [0, 0.1) is 0 Å². The van der Waals surface area contributed by atoms with Crippen molar-refractivity contribution in [1.29, 1.82) is 0 Å². The molecule has 0 aromatic heterocycles. The number of carbonyl (C=O) groups excluding carboxylic acids is 2. The van der Waals surface area contributed by atoms with Crippen LogP contribution in [0.15, 0.2) is 48.5 Å². The van der Waals surface area contributed by atoms with Crippen LogP contribution >= 0.6 is 11.6 Å². The van der Waals surface area contributed by atoms with Crippen molar-refractivity contribution in [3.05, 3.63) is 64.7 Å². The van der Waals surface area contributed by atoms with Crippen molar-refractivity contribution in [2.24, 2.45) is 0 Å². The van der Waals surface area contributed by atoms with E-state index in [1.54, 1.807) is 0 Å². The Hall–Kier alpha value is -2.53. The van der Waals surface area contributed by atoms with Gasteiger partial charge in [-0.15, -0.1) is 0 Å². The van der Waals surface area contributed by atoms with Crippen LogP contribution < -0.4 is 10.9 Å². The van der Waals surface area contributed by atoms with E-state index in [1.165, 1.54) is 18.2 Å². The van der Waals surface area contributed by atoms with Crippen LogP contribution in [0.1, 0.15) is 41.6 Å². The number of halogens is 1. The van der Waals surface area contributed by atoms with Crippen molar-refractivity contribution >= 4 is 23.4 Å². The van der Waals surface area contributed by atoms with Crippen molar-refractivity contribution < 1.29 is 14.7 Å². The van der Waals surface area contributed by atoms with Crippen LogP contribution in [0.25, 0.3) is 0 Å². The molecule has 2 amide bonds. The molecule has 2 aromatic carbocycles. The minimum atomic E-state index is -0.633. The number of hydrazine groups is 1. The zero-order chi connectivity index (χ0) is 17.5. The molecule has 6 heteroatoms. The van der Waals surface area contributed by atoms with E-state index in [2.05, 4.69) is 10.9 Å². The topological polar surface area (TPSA) is 78.4 Å². The predicted molar refractivity (Wildman–Crippen MR) is 92.8 cm³/mol. The van der Waals surface area contributed by atoms with Crippen molar-refractivity contribution in [3.8, 4) is 5.75 Å². The van der Waals surface area contributed by atoms with Gasteiger partial charge >= 0.3 is 0 Å². The monoisotopic (exact) mass is 346 g/mol. The SMILES string of the molecule is CCCC(C(=O)NNC(=O)c1cc(Cl)ccc1O)c1ccccc1. The van der Waals surface area contributed by atoms with Gasteiger partial charge in [0, 0.05) is 5.02 Å². The van der Waals surface area contributed by atoms with E-state index in [0.29, 0.717) is 11.4 Å². The lowest BCUT2D eigenvalue weighted by Crippen LogP contribution is -2.44. The summed E-state index contributed by atoms with van der Waals surface area (Å²) in [7, 11) is 0. The van der Waals surface area contributed by atoms with Gasteiger partial charge in [0.25, 0.3) is 5.91 Å². The van der Waals surface area contributed by atoms with E-state index in [4.69, 9.17) is 11.6 Å². The molecule has 2 rings (SSSR count). The molecule has 1 atom stereocenters. The van der Waals surface area contributed by atoms with Gasteiger partial charge in [-0.2, -0.15) is 0 Å². The lowest BCUT2D eigenvalue weighted by Gasteiger charge is -2.17. The summed E-state index contributed by atoms with van der Waals surface area (Å²) in [4.78, 5) is 24.5. The summed E-state index contributed by atoms with van der Waals surface area (Å²) in [6.07, 6.45) is 1.49. The average molecular weight is 347 g/mol. The molecule has 5 nitrogen and oxygen atoms in total. The number of amides is 2. The number of benzene rings is 2. The highest BCUT2D eigenvalue weighted by Gasteiger charge is 2.20. The predicted octanol–water partition coefficient (Wildman–Crippen LogP) is 3.39. The molecule has 0 saturated heterocycles. The van der Waals surface area contributed by atoms with Gasteiger partial charge in [0.2, 0.25) is 5.91 Å². The molecular formula is C18H19ClN2O3. The fraction of sp³-hybridized carbons (Fsp3) is 0.222. The van der Waals surface area contributed by atoms with Crippen molar-refractivity contribution in [2.75, 3.05) is 0 Å². The smallest absolute Gasteiger partial charge is 0.273 e. The third-order valence-corrected chi connectivity index (χ3v) is 3.83. The first-order chi connectivity index (χ1) is 11.5. The van der Waals surface area contributed by atoms with Crippen molar-refractivity contribution in [3.63, 3.8) is 0 Å². The van der Waals surface area contributed by atoms with Gasteiger partial charge in [0.1, 0.15) is 5.75 Å². The summed E-state index contributed by atoms with van der Waals surface area (Å²) in [5.74, 6) is -1.51. The molecule has 0 spiro atoms. The van der Waals surface area contributed by atoms with Gasteiger partial charge in [-0.1, -0.05) is 55.3 Å². The quantitative estimate of drug-likeness (QED) is 0.726. The molecule has 0 fully saturated rings. The number of phenols is 1. The summed E-state index contributed by atoms with van der Waals surface area (Å²) in [5, 5.41) is 10.0. The number of hydrogen-bond acceptors (Lipinski definition) is 3. The van der Waals surface area contributed by atoms with Gasteiger partial charge in [-0.05, 0) is 30.2 Å². The highest BCUT2D eigenvalue weighted by molar-refractivity contribution is 6.31. The van der Waals surface area contributed by atoms with Crippen LogP contribution in [-0.2, 0) is 4.79 Å². The maximum Gasteiger partial charge on any atom is 0.273 e. The summed E-state index contributed by atoms with van der Waals surface area (Å²) in [6.45, 7) is 1.99. The van der Waals surface area contributed by atoms with E-state index >= 15 is 0 Å². The molecule has 2 aromatic rings. The van der Waals surface area contributed by atoms with Crippen molar-refractivity contribution in [2.45, 2.75) is 25.7 Å². The second kappa shape index (κ2) is 8.36. The van der Waals surface area contributed by atoms with E-state index in [-0.39, 0.29) is 23.1 Å². The minimum Gasteiger partial charge on any atom is -0.507 e. The molecule has 0 heterocycles. The molecular weight excluding hydrogens is 328 g/mol. The van der Waals surface area contributed by atoms with E-state index in [1.807, 2.05) is 37.3 Å². The first kappa shape index (κ1) is 17.8. The molecule has 0 aliphatic rings. The summed E-state index contributed by atoms with van der Waals surface area (Å²) < 4.78 is 0. The summed E-state index contributed by atoms with van der Waals surface area (Å²) >= 11 is 5.82. The molecule has 0 aliphatic heterocycles. The van der Waals surface area contributed by atoms with E-state index in [9.17, 15) is 14.7 Å². The van der Waals surface area contributed by atoms with E-state index < -0.39 is 5.91 Å². The lowest BCUT2D eigenvalue weighted by molar-refractivity contribution is -0.123. The molecule has 0 radical (unpaired) electrons. The highest BCUT2D eigenvalue weighted by Crippen LogP contribution is 2.22. The second-order valence-electron chi connectivity index (χ2n) is 5.36.